The van der Waals surface area contributed by atoms with Crippen molar-refractivity contribution in [3.63, 3.8) is 0 Å². The number of nitrogens with two attached hydrogens (primary N) is 1. The molecule has 0 fully saturated rings. The molecule has 0 radical (unpaired) electrons. The number of hydrogen-bond acceptors (Lipinski definition) is 4. The van der Waals surface area contributed by atoms with Crippen molar-refractivity contribution in [1.29, 1.82) is 0 Å². The van der Waals surface area contributed by atoms with E-state index in [4.69, 9.17) is 15.2 Å². The molecule has 0 spiro atoms. The van der Waals surface area contributed by atoms with E-state index in [0.717, 1.165) is 42.5 Å². The summed E-state index contributed by atoms with van der Waals surface area (Å²) in [7, 11) is 5.21. The van der Waals surface area contributed by atoms with E-state index in [2.05, 4.69) is 22.0 Å². The van der Waals surface area contributed by atoms with Gasteiger partial charge in [-0.25, -0.2) is 9.28 Å². The fourth-order valence-corrected chi connectivity index (χ4v) is 4.86. The number of carbonyl (C=O) groups excluding carboxylic acids is 1. The number of quaternary nitrogens is 1. The molecule has 5 nitrogen and oxygen atoms in total. The fraction of sp³-hybridized carbons (Fsp3) is 0.190. The molecular weight excluding hydrogens is 440 g/mol. The number of amides is 2. The zero-order valence-corrected chi connectivity index (χ0v) is 18.1. The number of fused-ring (bicyclic) bond motifs is 3. The Labute approximate surface area is 176 Å². The third-order valence-electron chi connectivity index (χ3n) is 5.09. The zero-order chi connectivity index (χ0) is 20.1. The van der Waals surface area contributed by atoms with E-state index in [0.29, 0.717) is 0 Å². The minimum atomic E-state index is -0.426. The molecule has 0 saturated carbocycles. The number of primary amides is 1. The molecule has 1 aliphatic rings. The van der Waals surface area contributed by atoms with Crippen molar-refractivity contribution in [2.45, 2.75) is 6.10 Å². The number of benzene rings is 2. The van der Waals surface area contributed by atoms with Crippen LogP contribution in [0, 0.1) is 0 Å². The van der Waals surface area contributed by atoms with E-state index >= 15 is 0 Å². The number of ether oxygens (including phenoxy) is 2. The molecule has 2 aromatic carbocycles. The van der Waals surface area contributed by atoms with E-state index in [1.165, 1.54) is 0 Å². The number of methoxy groups -OCH3 is 1. The van der Waals surface area contributed by atoms with E-state index in [9.17, 15) is 4.79 Å². The van der Waals surface area contributed by atoms with Gasteiger partial charge in [-0.1, -0.05) is 6.07 Å². The van der Waals surface area contributed by atoms with Gasteiger partial charge in [-0.2, -0.15) is 0 Å². The summed E-state index contributed by atoms with van der Waals surface area (Å²) in [5.41, 5.74) is 9.36. The highest BCUT2D eigenvalue weighted by atomic mass is 79.9. The molecular formula is C21H20BrN2O3S+. The van der Waals surface area contributed by atoms with Gasteiger partial charge < -0.3 is 15.2 Å². The molecule has 2 N–H and O–H groups in total. The Bertz CT molecular complexity index is 1080. The summed E-state index contributed by atoms with van der Waals surface area (Å²) in [6.45, 7) is 0. The standard InChI is InChI=1S/C21H19BrN2O3S/c1-24(2,21(23)25)12-7-8-13-14(11-12)20(17-9-10-18(22)28-17)27-16-6-4-5-15(26-3)19(13)16/h4-11,20H,1-3H3,(H-,23,25)/p+1. The second-order valence-corrected chi connectivity index (χ2v) is 9.53. The smallest absolute Gasteiger partial charge is 0.418 e. The molecule has 3 aromatic rings. The minimum absolute atomic E-state index is 0.0487. The van der Waals surface area contributed by atoms with E-state index < -0.39 is 6.03 Å². The van der Waals surface area contributed by atoms with Crippen LogP contribution in [0.3, 0.4) is 0 Å². The quantitative estimate of drug-likeness (QED) is 0.539. The summed E-state index contributed by atoms with van der Waals surface area (Å²) in [5.74, 6) is 1.53. The van der Waals surface area contributed by atoms with Gasteiger partial charge in [0.15, 0.2) is 6.10 Å². The Kier molecular flexibility index (Phi) is 4.69. The molecule has 0 bridgehead atoms. The lowest BCUT2D eigenvalue weighted by atomic mass is 9.90. The molecule has 1 unspecified atom stereocenters. The summed E-state index contributed by atoms with van der Waals surface area (Å²) in [4.78, 5) is 13.1. The molecule has 0 saturated heterocycles. The highest BCUT2D eigenvalue weighted by Gasteiger charge is 2.34. The van der Waals surface area contributed by atoms with Crippen LogP contribution >= 0.6 is 27.3 Å². The van der Waals surface area contributed by atoms with Crippen LogP contribution < -0.4 is 19.7 Å². The van der Waals surface area contributed by atoms with Crippen LogP contribution in [-0.4, -0.2) is 27.2 Å². The molecule has 7 heteroatoms. The van der Waals surface area contributed by atoms with Crippen LogP contribution in [0.5, 0.6) is 11.5 Å². The van der Waals surface area contributed by atoms with Crippen LogP contribution in [0.2, 0.25) is 0 Å². The molecule has 28 heavy (non-hydrogen) atoms. The highest BCUT2D eigenvalue weighted by Crippen LogP contribution is 2.50. The van der Waals surface area contributed by atoms with E-state index in [1.54, 1.807) is 32.5 Å². The number of carbonyl (C=O) groups is 1. The van der Waals surface area contributed by atoms with Crippen molar-refractivity contribution < 1.29 is 14.3 Å². The number of rotatable bonds is 3. The van der Waals surface area contributed by atoms with Gasteiger partial charge in [0.05, 0.1) is 35.4 Å². The molecule has 1 aliphatic heterocycles. The molecule has 144 valence electrons. The zero-order valence-electron chi connectivity index (χ0n) is 15.7. The van der Waals surface area contributed by atoms with Gasteiger partial charge in [0.1, 0.15) is 17.2 Å². The third-order valence-corrected chi connectivity index (χ3v) is 6.76. The lowest BCUT2D eigenvalue weighted by molar-refractivity contribution is 0.226. The number of thiophene rings is 1. The molecule has 4 rings (SSSR count). The Morgan fingerprint density at radius 1 is 1.21 bits per heavy atom. The molecule has 1 atom stereocenters. The molecule has 2 amide bonds. The Morgan fingerprint density at radius 3 is 2.64 bits per heavy atom. The predicted octanol–water partition coefficient (Wildman–Crippen LogP) is 5.31. The first kappa shape index (κ1) is 19.0. The maximum absolute atomic E-state index is 12.0. The summed E-state index contributed by atoms with van der Waals surface area (Å²) in [6, 6.07) is 15.4. The highest BCUT2D eigenvalue weighted by molar-refractivity contribution is 9.11. The van der Waals surface area contributed by atoms with Crippen molar-refractivity contribution >= 4 is 39.0 Å². The fourth-order valence-electron chi connectivity index (χ4n) is 3.39. The van der Waals surface area contributed by atoms with Crippen LogP contribution in [0.15, 0.2) is 52.3 Å². The van der Waals surface area contributed by atoms with Crippen LogP contribution in [0.1, 0.15) is 16.5 Å². The molecule has 0 aliphatic carbocycles. The first-order valence-electron chi connectivity index (χ1n) is 8.70. The second kappa shape index (κ2) is 6.92. The Hall–Kier alpha value is -2.35. The third kappa shape index (κ3) is 2.99. The van der Waals surface area contributed by atoms with Crippen molar-refractivity contribution in [2.24, 2.45) is 5.73 Å². The number of hydrogen-bond donors (Lipinski definition) is 1. The van der Waals surface area contributed by atoms with E-state index in [1.807, 2.05) is 42.5 Å². The maximum Gasteiger partial charge on any atom is 0.418 e. The van der Waals surface area contributed by atoms with Gasteiger partial charge in [-0.05, 0) is 51.8 Å². The van der Waals surface area contributed by atoms with Gasteiger partial charge >= 0.3 is 6.03 Å². The summed E-state index contributed by atoms with van der Waals surface area (Å²) >= 11 is 5.16. The topological polar surface area (TPSA) is 61.5 Å². The van der Waals surface area contributed by atoms with Gasteiger partial charge in [0.2, 0.25) is 0 Å². The first-order chi connectivity index (χ1) is 13.3. The van der Waals surface area contributed by atoms with Crippen LogP contribution in [0.25, 0.3) is 11.1 Å². The number of urea groups is 1. The lowest BCUT2D eigenvalue weighted by Crippen LogP contribution is -2.50. The Balaban J connectivity index is 1.97. The van der Waals surface area contributed by atoms with Crippen LogP contribution in [-0.2, 0) is 0 Å². The summed E-state index contributed by atoms with van der Waals surface area (Å²) < 4.78 is 13.0. The summed E-state index contributed by atoms with van der Waals surface area (Å²) in [5, 5.41) is 0. The van der Waals surface area contributed by atoms with Gasteiger partial charge in [-0.3, -0.25) is 0 Å². The largest absolute Gasteiger partial charge is 0.496 e. The van der Waals surface area contributed by atoms with Crippen molar-refractivity contribution in [2.75, 3.05) is 21.2 Å². The monoisotopic (exact) mass is 459 g/mol. The number of nitrogens with zero attached hydrogens (tertiary/aromatic N) is 1. The van der Waals surface area contributed by atoms with Crippen LogP contribution in [0.4, 0.5) is 10.5 Å². The SMILES string of the molecule is COc1cccc2c1-c1ccc([N+](C)(C)C(N)=O)cc1C(c1ccc(Br)s1)O2. The van der Waals surface area contributed by atoms with E-state index in [-0.39, 0.29) is 10.6 Å². The van der Waals surface area contributed by atoms with Gasteiger partial charge in [0.25, 0.3) is 0 Å². The average molecular weight is 460 g/mol. The van der Waals surface area contributed by atoms with Gasteiger partial charge in [-0.15, -0.1) is 11.3 Å². The van der Waals surface area contributed by atoms with Gasteiger partial charge in [0, 0.05) is 17.7 Å². The maximum atomic E-state index is 12.0. The number of halogens is 1. The molecule has 1 aromatic heterocycles. The minimum Gasteiger partial charge on any atom is -0.496 e. The first-order valence-corrected chi connectivity index (χ1v) is 10.3. The normalized spacial score (nSPS) is 15.4. The van der Waals surface area contributed by atoms with Crippen molar-refractivity contribution in [1.82, 2.24) is 4.48 Å². The van der Waals surface area contributed by atoms with Crippen molar-refractivity contribution in [3.05, 3.63) is 62.8 Å². The predicted molar refractivity (Wildman–Crippen MR) is 116 cm³/mol. The van der Waals surface area contributed by atoms with Crippen molar-refractivity contribution in [3.8, 4) is 22.6 Å². The molecule has 2 heterocycles. The average Bonchev–Trinajstić information content (AvgIpc) is 3.12. The second-order valence-electron chi connectivity index (χ2n) is 7.04. The Morgan fingerprint density at radius 2 is 2.00 bits per heavy atom. The summed E-state index contributed by atoms with van der Waals surface area (Å²) in [6.07, 6.45) is -0.279. The lowest BCUT2D eigenvalue weighted by Gasteiger charge is -2.31.